The number of hydrogen-bond acceptors (Lipinski definition) is 8. The van der Waals surface area contributed by atoms with E-state index in [2.05, 4.69) is 10.0 Å². The average Bonchev–Trinajstić information content (AvgIpc) is 2.94. The number of sulfonamides is 1. The first kappa shape index (κ1) is 32.3. The van der Waals surface area contributed by atoms with Gasteiger partial charge in [-0.3, -0.25) is 4.79 Å². The topological polar surface area (TPSA) is 177 Å². The maximum Gasteiger partial charge on any atom is 0.407 e. The fourth-order valence-electron chi connectivity index (χ4n) is 4.26. The molecule has 1 saturated heterocycles. The van der Waals surface area contributed by atoms with Crippen LogP contribution in [-0.2, 0) is 24.2 Å². The fraction of sp³-hybridized carbons (Fsp3) is 0.680. The minimum Gasteiger partial charge on any atom is -0.415 e. The van der Waals surface area contributed by atoms with Gasteiger partial charge in [0.1, 0.15) is 0 Å². The van der Waals surface area contributed by atoms with Gasteiger partial charge in [-0.25, -0.2) is 13.2 Å². The van der Waals surface area contributed by atoms with E-state index in [0.717, 1.165) is 19.3 Å². The van der Waals surface area contributed by atoms with Crippen LogP contribution in [-0.4, -0.2) is 87.4 Å². The molecule has 2 N–H and O–H groups in total. The van der Waals surface area contributed by atoms with Crippen molar-refractivity contribution in [3.8, 4) is 0 Å². The minimum absolute atomic E-state index is 0.129. The van der Waals surface area contributed by atoms with Crippen LogP contribution in [0.15, 0.2) is 29.4 Å². The summed E-state index contributed by atoms with van der Waals surface area (Å²) in [5, 5.41) is 2.63. The Balaban J connectivity index is 2.15. The molecular weight excluding hydrogens is 528 g/mol. The van der Waals surface area contributed by atoms with Crippen molar-refractivity contribution in [2.24, 2.45) is 10.8 Å². The van der Waals surface area contributed by atoms with Crippen LogP contribution < -0.4 is 5.73 Å². The normalized spacial score (nSPS) is 15.6. The van der Waals surface area contributed by atoms with Crippen molar-refractivity contribution in [2.45, 2.75) is 57.5 Å². The summed E-state index contributed by atoms with van der Waals surface area (Å²) >= 11 is 0. The lowest BCUT2D eigenvalue weighted by Crippen LogP contribution is -2.46. The quantitative estimate of drug-likeness (QED) is 0.0981. The van der Waals surface area contributed by atoms with Crippen LogP contribution in [0.25, 0.3) is 10.4 Å². The predicted molar refractivity (Wildman–Crippen MR) is 145 cm³/mol. The second-order valence-electron chi connectivity index (χ2n) is 9.04. The summed E-state index contributed by atoms with van der Waals surface area (Å²) in [6, 6.07) is 6.41. The predicted octanol–water partition coefficient (Wildman–Crippen LogP) is 3.57. The Morgan fingerprint density at radius 2 is 1.77 bits per heavy atom. The first-order valence-corrected chi connectivity index (χ1v) is 14.8. The molecule has 1 aliphatic heterocycles. The number of unbranched alkanes of at least 4 members (excludes halogenated alkanes) is 3. The van der Waals surface area contributed by atoms with Crippen LogP contribution in [0.4, 0.5) is 4.79 Å². The molecule has 1 heterocycles. The molecule has 0 bridgehead atoms. The first-order valence-electron chi connectivity index (χ1n) is 13.3. The highest BCUT2D eigenvalue weighted by Crippen LogP contribution is 2.24. The van der Waals surface area contributed by atoms with Gasteiger partial charge >= 0.3 is 6.09 Å². The number of azide groups is 1. The number of carbonyl (C=O) groups is 2. The summed E-state index contributed by atoms with van der Waals surface area (Å²) in [7, 11) is -3.73. The summed E-state index contributed by atoms with van der Waals surface area (Å²) in [4.78, 5) is 28.7. The van der Waals surface area contributed by atoms with Gasteiger partial charge < -0.3 is 24.8 Å². The molecule has 39 heavy (non-hydrogen) atoms. The molecule has 0 aromatic heterocycles. The molecule has 2 unspecified atom stereocenters. The summed E-state index contributed by atoms with van der Waals surface area (Å²) in [5.74, 6) is -0.129. The van der Waals surface area contributed by atoms with Gasteiger partial charge in [-0.1, -0.05) is 36.5 Å². The Labute approximate surface area is 230 Å². The molecule has 0 aliphatic carbocycles. The summed E-state index contributed by atoms with van der Waals surface area (Å²) in [6.07, 6.45) is 0.930. The number of hydrogen-bond donors (Lipinski definition) is 1. The van der Waals surface area contributed by atoms with Crippen molar-refractivity contribution < 1.29 is 32.2 Å². The third kappa shape index (κ3) is 10.3. The second-order valence-corrected chi connectivity index (χ2v) is 11.3. The van der Waals surface area contributed by atoms with E-state index in [1.165, 1.54) is 4.31 Å². The highest BCUT2D eigenvalue weighted by atomic mass is 32.2. The lowest BCUT2D eigenvalue weighted by Gasteiger charge is -2.31. The number of morpholine rings is 1. The second kappa shape index (κ2) is 16.9. The van der Waals surface area contributed by atoms with Crippen molar-refractivity contribution in [1.82, 2.24) is 9.21 Å². The lowest BCUT2D eigenvalue weighted by atomic mass is 10.1. The standard InChI is InChI=1S/C25H40N6O7S/c1-3-30(4-2)23(32)20-10-12-21(13-11-20)24(38-25(26)33)37-19-22(9-7-5-6-8-14-28-29-27)39(34,35)31-15-17-36-18-16-31/h10-13,22,24H,3-9,14-19H2,1-2H3,(H2,26,33). The molecule has 2 amide bonds. The highest BCUT2D eigenvalue weighted by Gasteiger charge is 2.34. The number of benzene rings is 1. The van der Waals surface area contributed by atoms with Crippen LogP contribution >= 0.6 is 0 Å². The fourth-order valence-corrected chi connectivity index (χ4v) is 6.05. The van der Waals surface area contributed by atoms with E-state index < -0.39 is 27.7 Å². The van der Waals surface area contributed by atoms with Gasteiger partial charge in [0.2, 0.25) is 16.3 Å². The van der Waals surface area contributed by atoms with Gasteiger partial charge in [0.25, 0.3) is 5.91 Å². The molecule has 14 heteroatoms. The number of nitrogens with two attached hydrogens (primary N) is 1. The van der Waals surface area contributed by atoms with Gasteiger partial charge in [0.15, 0.2) is 0 Å². The van der Waals surface area contributed by atoms with E-state index in [1.54, 1.807) is 29.2 Å². The summed E-state index contributed by atoms with van der Waals surface area (Å²) in [6.45, 7) is 6.26. The lowest BCUT2D eigenvalue weighted by molar-refractivity contribution is -0.105. The molecule has 218 valence electrons. The molecule has 2 atom stereocenters. The molecule has 1 fully saturated rings. The number of carbonyl (C=O) groups excluding carboxylic acids is 2. The van der Waals surface area contributed by atoms with Crippen LogP contribution in [0, 0.1) is 0 Å². The smallest absolute Gasteiger partial charge is 0.407 e. The largest absolute Gasteiger partial charge is 0.415 e. The molecular formula is C25H40N6O7S. The molecule has 0 saturated carbocycles. The molecule has 0 radical (unpaired) electrons. The third-order valence-electron chi connectivity index (χ3n) is 6.49. The van der Waals surface area contributed by atoms with E-state index in [0.29, 0.717) is 56.8 Å². The van der Waals surface area contributed by atoms with E-state index in [4.69, 9.17) is 25.5 Å². The molecule has 13 nitrogen and oxygen atoms in total. The monoisotopic (exact) mass is 568 g/mol. The first-order chi connectivity index (χ1) is 18.7. The summed E-state index contributed by atoms with van der Waals surface area (Å²) in [5.41, 5.74) is 14.5. The van der Waals surface area contributed by atoms with Crippen molar-refractivity contribution in [3.63, 3.8) is 0 Å². The van der Waals surface area contributed by atoms with Gasteiger partial charge in [-0.15, -0.1) is 0 Å². The SMILES string of the molecule is CCN(CC)C(=O)c1ccc(C(OCC(CCCCCCN=[N+]=[N-])S(=O)(=O)N2CCOCC2)OC(N)=O)cc1. The summed E-state index contributed by atoms with van der Waals surface area (Å²) < 4.78 is 44.7. The zero-order valence-electron chi connectivity index (χ0n) is 22.7. The van der Waals surface area contributed by atoms with Crippen LogP contribution in [0.2, 0.25) is 0 Å². The van der Waals surface area contributed by atoms with Gasteiger partial charge in [0, 0.05) is 48.8 Å². The minimum atomic E-state index is -3.73. The maximum absolute atomic E-state index is 13.5. The van der Waals surface area contributed by atoms with Crippen LogP contribution in [0.5, 0.6) is 0 Å². The molecule has 1 aliphatic rings. The molecule has 0 spiro atoms. The average molecular weight is 569 g/mol. The van der Waals surface area contributed by atoms with Gasteiger partial charge in [-0.05, 0) is 44.4 Å². The van der Waals surface area contributed by atoms with Crippen LogP contribution in [0.1, 0.15) is 68.2 Å². The van der Waals surface area contributed by atoms with Gasteiger partial charge in [-0.2, -0.15) is 4.31 Å². The van der Waals surface area contributed by atoms with Crippen molar-refractivity contribution in [3.05, 3.63) is 45.8 Å². The van der Waals surface area contributed by atoms with Crippen LogP contribution in [0.3, 0.4) is 0 Å². The number of amides is 2. The number of primary amides is 1. The van der Waals surface area contributed by atoms with Crippen molar-refractivity contribution in [1.29, 1.82) is 0 Å². The molecule has 2 rings (SSSR count). The number of nitrogens with zero attached hydrogens (tertiary/aromatic N) is 5. The number of ether oxygens (including phenoxy) is 3. The van der Waals surface area contributed by atoms with Crippen molar-refractivity contribution >= 4 is 22.0 Å². The zero-order chi connectivity index (χ0) is 28.7. The van der Waals surface area contributed by atoms with E-state index in [-0.39, 0.29) is 25.6 Å². The highest BCUT2D eigenvalue weighted by molar-refractivity contribution is 7.89. The van der Waals surface area contributed by atoms with Gasteiger partial charge in [0.05, 0.1) is 25.1 Å². The Bertz CT molecular complexity index is 1050. The number of rotatable bonds is 17. The Hall–Kier alpha value is -2.90. The third-order valence-corrected chi connectivity index (χ3v) is 8.78. The van der Waals surface area contributed by atoms with E-state index in [9.17, 15) is 18.0 Å². The van der Waals surface area contributed by atoms with Crippen molar-refractivity contribution in [2.75, 3.05) is 52.5 Å². The Morgan fingerprint density at radius 1 is 1.13 bits per heavy atom. The van der Waals surface area contributed by atoms with E-state index >= 15 is 0 Å². The molecule has 1 aromatic carbocycles. The maximum atomic E-state index is 13.5. The Kier molecular flexibility index (Phi) is 14.0. The zero-order valence-corrected chi connectivity index (χ0v) is 23.6. The molecule has 1 aromatic rings. The Morgan fingerprint density at radius 3 is 2.36 bits per heavy atom. The van der Waals surface area contributed by atoms with E-state index in [1.807, 2.05) is 13.8 Å².